The second-order valence-corrected chi connectivity index (χ2v) is 5.21. The molecule has 1 saturated carbocycles. The Kier molecular flexibility index (Phi) is 3.68. The SMILES string of the molecule is O=C(CCCCl)C1CCOC2(CCC2)C1. The van der Waals surface area contributed by atoms with Gasteiger partial charge in [-0.1, -0.05) is 0 Å². The first kappa shape index (κ1) is 11.4. The second-order valence-electron chi connectivity index (χ2n) is 4.83. The van der Waals surface area contributed by atoms with E-state index in [1.165, 1.54) is 6.42 Å². The highest BCUT2D eigenvalue weighted by Gasteiger charge is 2.43. The maximum absolute atomic E-state index is 11.9. The third-order valence-corrected chi connectivity index (χ3v) is 4.04. The summed E-state index contributed by atoms with van der Waals surface area (Å²) < 4.78 is 5.81. The summed E-state index contributed by atoms with van der Waals surface area (Å²) in [6.45, 7) is 0.775. The van der Waals surface area contributed by atoms with Crippen LogP contribution in [0.4, 0.5) is 0 Å². The minimum absolute atomic E-state index is 0.0968. The molecule has 1 heterocycles. The molecule has 2 rings (SSSR count). The molecule has 0 aromatic rings. The van der Waals surface area contributed by atoms with E-state index >= 15 is 0 Å². The minimum atomic E-state index is 0.0968. The van der Waals surface area contributed by atoms with Crippen LogP contribution < -0.4 is 0 Å². The molecule has 1 unspecified atom stereocenters. The second kappa shape index (κ2) is 4.84. The van der Waals surface area contributed by atoms with Crippen LogP contribution in [0.15, 0.2) is 0 Å². The molecule has 2 fully saturated rings. The average Bonchev–Trinajstić information content (AvgIpc) is 2.24. The van der Waals surface area contributed by atoms with Crippen molar-refractivity contribution in [2.24, 2.45) is 5.92 Å². The van der Waals surface area contributed by atoms with E-state index < -0.39 is 0 Å². The zero-order valence-electron chi connectivity index (χ0n) is 9.14. The monoisotopic (exact) mass is 230 g/mol. The van der Waals surface area contributed by atoms with Crippen LogP contribution in [0.3, 0.4) is 0 Å². The molecule has 15 heavy (non-hydrogen) atoms. The molecule has 0 aromatic heterocycles. The van der Waals surface area contributed by atoms with E-state index in [-0.39, 0.29) is 11.5 Å². The van der Waals surface area contributed by atoms with Gasteiger partial charge in [-0.05, 0) is 38.5 Å². The Morgan fingerprint density at radius 3 is 2.87 bits per heavy atom. The maximum atomic E-state index is 11.9. The molecule has 86 valence electrons. The lowest BCUT2D eigenvalue weighted by molar-refractivity contribution is -0.155. The predicted octanol–water partition coefficient (Wildman–Crippen LogP) is 2.92. The first-order chi connectivity index (χ1) is 7.26. The number of carbonyl (C=O) groups excluding carboxylic acids is 1. The Morgan fingerprint density at radius 2 is 2.27 bits per heavy atom. The third-order valence-electron chi connectivity index (χ3n) is 3.77. The van der Waals surface area contributed by atoms with Gasteiger partial charge >= 0.3 is 0 Å². The van der Waals surface area contributed by atoms with Crippen LogP contribution >= 0.6 is 11.6 Å². The van der Waals surface area contributed by atoms with E-state index in [1.54, 1.807) is 0 Å². The van der Waals surface area contributed by atoms with Crippen LogP contribution in [0.2, 0.25) is 0 Å². The molecule has 1 spiro atoms. The van der Waals surface area contributed by atoms with Crippen molar-refractivity contribution in [2.75, 3.05) is 12.5 Å². The van der Waals surface area contributed by atoms with Crippen molar-refractivity contribution in [3.63, 3.8) is 0 Å². The Bertz CT molecular complexity index is 236. The lowest BCUT2D eigenvalue weighted by Gasteiger charge is -2.46. The van der Waals surface area contributed by atoms with Gasteiger partial charge in [-0.3, -0.25) is 4.79 Å². The van der Waals surface area contributed by atoms with Crippen molar-refractivity contribution >= 4 is 17.4 Å². The highest BCUT2D eigenvalue weighted by atomic mass is 35.5. The zero-order valence-corrected chi connectivity index (χ0v) is 9.89. The van der Waals surface area contributed by atoms with Crippen molar-refractivity contribution in [1.82, 2.24) is 0 Å². The summed E-state index contributed by atoms with van der Waals surface area (Å²) in [4.78, 5) is 11.9. The molecule has 2 nitrogen and oxygen atoms in total. The van der Waals surface area contributed by atoms with Gasteiger partial charge in [0.15, 0.2) is 0 Å². The lowest BCUT2D eigenvalue weighted by atomic mass is 9.71. The van der Waals surface area contributed by atoms with Gasteiger partial charge in [-0.25, -0.2) is 0 Å². The van der Waals surface area contributed by atoms with Crippen molar-refractivity contribution in [1.29, 1.82) is 0 Å². The van der Waals surface area contributed by atoms with Crippen LogP contribution in [0.5, 0.6) is 0 Å². The Hall–Kier alpha value is -0.0800. The maximum Gasteiger partial charge on any atom is 0.136 e. The fourth-order valence-corrected chi connectivity index (χ4v) is 2.80. The Morgan fingerprint density at radius 1 is 1.47 bits per heavy atom. The van der Waals surface area contributed by atoms with Gasteiger partial charge in [0.1, 0.15) is 5.78 Å². The summed E-state index contributed by atoms with van der Waals surface area (Å²) >= 11 is 5.60. The fraction of sp³-hybridized carbons (Fsp3) is 0.917. The van der Waals surface area contributed by atoms with Crippen LogP contribution in [0.25, 0.3) is 0 Å². The van der Waals surface area contributed by atoms with Crippen LogP contribution in [0, 0.1) is 5.92 Å². The summed E-state index contributed by atoms with van der Waals surface area (Å²) in [5.41, 5.74) is 0.0968. The molecule has 0 bridgehead atoms. The number of carbonyl (C=O) groups is 1. The first-order valence-corrected chi connectivity index (χ1v) is 6.52. The van der Waals surface area contributed by atoms with Gasteiger partial charge in [0.05, 0.1) is 5.60 Å². The smallest absolute Gasteiger partial charge is 0.136 e. The minimum Gasteiger partial charge on any atom is -0.375 e. The Balaban J connectivity index is 1.84. The number of alkyl halides is 1. The lowest BCUT2D eigenvalue weighted by Crippen LogP contribution is -2.47. The third kappa shape index (κ3) is 2.54. The largest absolute Gasteiger partial charge is 0.375 e. The van der Waals surface area contributed by atoms with E-state index in [0.29, 0.717) is 18.1 Å². The van der Waals surface area contributed by atoms with E-state index in [2.05, 4.69) is 0 Å². The van der Waals surface area contributed by atoms with Crippen LogP contribution in [-0.2, 0) is 9.53 Å². The van der Waals surface area contributed by atoms with Gasteiger partial charge < -0.3 is 4.74 Å². The molecule has 0 N–H and O–H groups in total. The molecule has 2 aliphatic rings. The summed E-state index contributed by atoms with van der Waals surface area (Å²) in [7, 11) is 0. The molecule has 3 heteroatoms. The highest BCUT2D eigenvalue weighted by Crippen LogP contribution is 2.44. The van der Waals surface area contributed by atoms with Crippen molar-refractivity contribution < 1.29 is 9.53 Å². The summed E-state index contributed by atoms with van der Waals surface area (Å²) in [6, 6.07) is 0. The van der Waals surface area contributed by atoms with E-state index in [9.17, 15) is 4.79 Å². The number of hydrogen-bond donors (Lipinski definition) is 0. The highest BCUT2D eigenvalue weighted by molar-refractivity contribution is 6.17. The van der Waals surface area contributed by atoms with Gasteiger partial charge in [-0.15, -0.1) is 11.6 Å². The topological polar surface area (TPSA) is 26.3 Å². The molecule has 0 aromatic carbocycles. The number of halogens is 1. The van der Waals surface area contributed by atoms with Crippen LogP contribution in [0.1, 0.15) is 44.9 Å². The molecule has 0 amide bonds. The number of ether oxygens (including phenoxy) is 1. The van der Waals surface area contributed by atoms with E-state index in [4.69, 9.17) is 16.3 Å². The number of hydrogen-bond acceptors (Lipinski definition) is 2. The normalized spacial score (nSPS) is 28.7. The number of rotatable bonds is 4. The summed E-state index contributed by atoms with van der Waals surface area (Å²) in [6.07, 6.45) is 6.95. The number of ketones is 1. The molecule has 1 aliphatic heterocycles. The van der Waals surface area contributed by atoms with Gasteiger partial charge in [0.25, 0.3) is 0 Å². The quantitative estimate of drug-likeness (QED) is 0.695. The molecule has 1 aliphatic carbocycles. The Labute approximate surface area is 96.3 Å². The van der Waals surface area contributed by atoms with E-state index in [0.717, 1.165) is 38.7 Å². The van der Waals surface area contributed by atoms with Gasteiger partial charge in [-0.2, -0.15) is 0 Å². The average molecular weight is 231 g/mol. The molecule has 1 saturated heterocycles. The van der Waals surface area contributed by atoms with Gasteiger partial charge in [0, 0.05) is 24.8 Å². The van der Waals surface area contributed by atoms with Crippen LogP contribution in [-0.4, -0.2) is 23.9 Å². The molecular formula is C12H19ClO2. The predicted molar refractivity (Wildman–Crippen MR) is 60.2 cm³/mol. The standard InChI is InChI=1S/C12H19ClO2/c13-7-1-3-11(14)10-4-8-15-12(9-10)5-2-6-12/h10H,1-9H2. The van der Waals surface area contributed by atoms with Crippen molar-refractivity contribution in [3.8, 4) is 0 Å². The van der Waals surface area contributed by atoms with Crippen molar-refractivity contribution in [3.05, 3.63) is 0 Å². The summed E-state index contributed by atoms with van der Waals surface area (Å²) in [5, 5.41) is 0. The van der Waals surface area contributed by atoms with E-state index in [1.807, 2.05) is 0 Å². The zero-order chi connectivity index (χ0) is 10.7. The first-order valence-electron chi connectivity index (χ1n) is 5.98. The molecular weight excluding hydrogens is 212 g/mol. The summed E-state index contributed by atoms with van der Waals surface area (Å²) in [5.74, 6) is 1.26. The van der Waals surface area contributed by atoms with Crippen molar-refractivity contribution in [2.45, 2.75) is 50.5 Å². The molecule has 0 radical (unpaired) electrons. The fourth-order valence-electron chi connectivity index (χ4n) is 2.67. The molecule has 1 atom stereocenters. The van der Waals surface area contributed by atoms with Gasteiger partial charge in [0.2, 0.25) is 0 Å². The number of Topliss-reactive ketones (excluding diaryl/α,β-unsaturated/α-hetero) is 1.